The summed E-state index contributed by atoms with van der Waals surface area (Å²) < 4.78 is 10.8. The van der Waals surface area contributed by atoms with Gasteiger partial charge in [0.2, 0.25) is 0 Å². The van der Waals surface area contributed by atoms with Crippen molar-refractivity contribution in [1.82, 2.24) is 20.7 Å². The molecule has 2 aromatic rings. The minimum absolute atomic E-state index is 0.176. The van der Waals surface area contributed by atoms with Gasteiger partial charge in [-0.2, -0.15) is 0 Å². The van der Waals surface area contributed by atoms with Gasteiger partial charge in [0.25, 0.3) is 0 Å². The fourth-order valence-corrected chi connectivity index (χ4v) is 3.34. The molecule has 2 rings (SSSR count). The Morgan fingerprint density at radius 1 is 1.21 bits per heavy atom. The molecule has 2 N–H and O–H groups in total. The normalized spacial score (nSPS) is 13.0. The van der Waals surface area contributed by atoms with Gasteiger partial charge in [0.15, 0.2) is 11.7 Å². The fourth-order valence-electron chi connectivity index (χ4n) is 3.34. The smallest absolute Gasteiger partial charge is 0.191 e. The molecule has 0 radical (unpaired) electrons. The van der Waals surface area contributed by atoms with Gasteiger partial charge in [0, 0.05) is 25.6 Å². The van der Waals surface area contributed by atoms with E-state index in [4.69, 9.17) is 9.26 Å². The molecule has 1 unspecified atom stereocenters. The van der Waals surface area contributed by atoms with E-state index in [9.17, 15) is 0 Å². The highest BCUT2D eigenvalue weighted by molar-refractivity contribution is 5.79. The molecule has 0 saturated carbocycles. The summed E-state index contributed by atoms with van der Waals surface area (Å²) in [7, 11) is 7.58. The van der Waals surface area contributed by atoms with Gasteiger partial charge < -0.3 is 24.8 Å². The highest BCUT2D eigenvalue weighted by Gasteiger charge is 2.16. The Morgan fingerprint density at radius 3 is 2.59 bits per heavy atom. The number of likely N-dealkylation sites (N-methyl/N-ethyl adjacent to an activating group) is 1. The number of benzene rings is 1. The van der Waals surface area contributed by atoms with Gasteiger partial charge in [-0.25, -0.2) is 0 Å². The van der Waals surface area contributed by atoms with Crippen LogP contribution >= 0.6 is 0 Å². The van der Waals surface area contributed by atoms with Crippen LogP contribution in [0, 0.1) is 0 Å². The predicted molar refractivity (Wildman–Crippen MR) is 117 cm³/mol. The van der Waals surface area contributed by atoms with Crippen LogP contribution < -0.4 is 15.4 Å². The highest BCUT2D eigenvalue weighted by atomic mass is 16.5. The third-order valence-electron chi connectivity index (χ3n) is 5.20. The lowest BCUT2D eigenvalue weighted by molar-refractivity contribution is 0.297. The molecule has 0 fully saturated rings. The summed E-state index contributed by atoms with van der Waals surface area (Å²) in [6.45, 7) is 5.60. The van der Waals surface area contributed by atoms with Crippen LogP contribution in [0.1, 0.15) is 55.7 Å². The van der Waals surface area contributed by atoms with E-state index in [-0.39, 0.29) is 6.04 Å². The van der Waals surface area contributed by atoms with Crippen molar-refractivity contribution in [2.45, 2.75) is 45.2 Å². The molecule has 0 aliphatic rings. The van der Waals surface area contributed by atoms with Gasteiger partial charge in [-0.1, -0.05) is 31.1 Å². The number of ether oxygens (including phenoxy) is 1. The first-order chi connectivity index (χ1) is 14.0. The molecule has 7 heteroatoms. The van der Waals surface area contributed by atoms with E-state index in [1.165, 1.54) is 5.56 Å². The quantitative estimate of drug-likeness (QED) is 0.468. The molecule has 0 bridgehead atoms. The minimum Gasteiger partial charge on any atom is -0.497 e. The second-order valence-corrected chi connectivity index (χ2v) is 7.29. The lowest BCUT2D eigenvalue weighted by atomic mass is 9.99. The molecule has 0 aliphatic carbocycles. The summed E-state index contributed by atoms with van der Waals surface area (Å²) in [6, 6.07) is 10.4. The molecule has 1 atom stereocenters. The predicted octanol–water partition coefficient (Wildman–Crippen LogP) is 3.55. The first-order valence-electron chi connectivity index (χ1n) is 10.2. The molecule has 160 valence electrons. The van der Waals surface area contributed by atoms with E-state index in [2.05, 4.69) is 65.8 Å². The molecule has 0 spiro atoms. The van der Waals surface area contributed by atoms with Gasteiger partial charge in [0.05, 0.1) is 25.4 Å². The van der Waals surface area contributed by atoms with Crippen LogP contribution in [0.5, 0.6) is 5.75 Å². The number of rotatable bonds is 10. The first-order valence-corrected chi connectivity index (χ1v) is 10.2. The van der Waals surface area contributed by atoms with E-state index < -0.39 is 0 Å². The maximum atomic E-state index is 5.49. The van der Waals surface area contributed by atoms with Crippen molar-refractivity contribution in [3.63, 3.8) is 0 Å². The Morgan fingerprint density at radius 2 is 1.97 bits per heavy atom. The van der Waals surface area contributed by atoms with E-state index >= 15 is 0 Å². The molecule has 0 saturated heterocycles. The Bertz CT molecular complexity index is 768. The number of aromatic nitrogens is 1. The zero-order chi connectivity index (χ0) is 21.2. The van der Waals surface area contributed by atoms with Crippen LogP contribution in [0.25, 0.3) is 0 Å². The summed E-state index contributed by atoms with van der Waals surface area (Å²) in [5.74, 6) is 2.84. The molecule has 1 heterocycles. The van der Waals surface area contributed by atoms with Gasteiger partial charge in [-0.15, -0.1) is 0 Å². The number of hydrogen-bond acceptors (Lipinski definition) is 5. The van der Waals surface area contributed by atoms with Crippen LogP contribution in [0.15, 0.2) is 39.8 Å². The molecule has 0 amide bonds. The summed E-state index contributed by atoms with van der Waals surface area (Å²) >= 11 is 0. The van der Waals surface area contributed by atoms with Crippen molar-refractivity contribution >= 4 is 5.96 Å². The molecule has 0 aliphatic heterocycles. The minimum atomic E-state index is 0.176. The van der Waals surface area contributed by atoms with Crippen molar-refractivity contribution in [2.24, 2.45) is 4.99 Å². The third-order valence-corrected chi connectivity index (χ3v) is 5.20. The molecule has 1 aromatic carbocycles. The number of methoxy groups -OCH3 is 1. The first kappa shape index (κ1) is 22.7. The summed E-state index contributed by atoms with van der Waals surface area (Å²) in [6.07, 6.45) is 2.13. The van der Waals surface area contributed by atoms with Gasteiger partial charge >= 0.3 is 0 Å². The molecular formula is C22H35N5O2. The number of nitrogens with one attached hydrogen (secondary N) is 2. The zero-order valence-corrected chi connectivity index (χ0v) is 18.5. The van der Waals surface area contributed by atoms with Gasteiger partial charge in [-0.3, -0.25) is 4.99 Å². The van der Waals surface area contributed by atoms with Crippen LogP contribution in [0.2, 0.25) is 0 Å². The Kier molecular flexibility index (Phi) is 8.99. The van der Waals surface area contributed by atoms with Gasteiger partial charge in [0.1, 0.15) is 5.75 Å². The number of guanidine groups is 1. The fraction of sp³-hybridized carbons (Fsp3) is 0.545. The van der Waals surface area contributed by atoms with Crippen LogP contribution in [0.3, 0.4) is 0 Å². The second-order valence-electron chi connectivity index (χ2n) is 7.29. The number of aliphatic imine (C=N–C) groups is 1. The largest absolute Gasteiger partial charge is 0.497 e. The number of nitrogens with zero attached hydrogens (tertiary/aromatic N) is 3. The zero-order valence-electron chi connectivity index (χ0n) is 18.5. The average molecular weight is 402 g/mol. The van der Waals surface area contributed by atoms with Crippen LogP contribution in [0.4, 0.5) is 0 Å². The highest BCUT2D eigenvalue weighted by Crippen LogP contribution is 2.23. The maximum Gasteiger partial charge on any atom is 0.191 e. The Labute approximate surface area is 174 Å². The van der Waals surface area contributed by atoms with Crippen molar-refractivity contribution < 1.29 is 9.26 Å². The van der Waals surface area contributed by atoms with E-state index in [1.807, 2.05) is 18.2 Å². The maximum absolute atomic E-state index is 5.49. The van der Waals surface area contributed by atoms with Crippen molar-refractivity contribution in [3.05, 3.63) is 47.3 Å². The summed E-state index contributed by atoms with van der Waals surface area (Å²) in [4.78, 5) is 6.50. The van der Waals surface area contributed by atoms with Crippen LogP contribution in [-0.4, -0.2) is 50.8 Å². The van der Waals surface area contributed by atoms with Crippen molar-refractivity contribution in [3.8, 4) is 5.75 Å². The standard InChI is InChI=1S/C22H35N5O2/c1-7-16(8-2)20-13-19(29-26-20)14-24-22(23-3)25-15-21(27(4)5)17-10-9-11-18(12-17)28-6/h9-13,16,21H,7-8,14-15H2,1-6H3,(H2,23,24,25). The Hall–Kier alpha value is -2.54. The van der Waals surface area contributed by atoms with Crippen molar-refractivity contribution in [1.29, 1.82) is 0 Å². The van der Waals surface area contributed by atoms with Gasteiger partial charge in [-0.05, 0) is 44.6 Å². The van der Waals surface area contributed by atoms with E-state index in [0.717, 1.165) is 36.0 Å². The molecular weight excluding hydrogens is 366 g/mol. The molecule has 1 aromatic heterocycles. The van der Waals surface area contributed by atoms with Crippen LogP contribution in [-0.2, 0) is 6.54 Å². The summed E-state index contributed by atoms with van der Waals surface area (Å²) in [5.41, 5.74) is 2.21. The molecule has 29 heavy (non-hydrogen) atoms. The Balaban J connectivity index is 1.95. The number of hydrogen-bond donors (Lipinski definition) is 2. The molecule has 7 nitrogen and oxygen atoms in total. The second kappa shape index (κ2) is 11.5. The summed E-state index contributed by atoms with van der Waals surface area (Å²) in [5, 5.41) is 10.9. The van der Waals surface area contributed by atoms with E-state index in [1.54, 1.807) is 14.2 Å². The monoisotopic (exact) mass is 401 g/mol. The average Bonchev–Trinajstić information content (AvgIpc) is 3.20. The van der Waals surface area contributed by atoms with E-state index in [0.29, 0.717) is 19.0 Å². The topological polar surface area (TPSA) is 74.9 Å². The van der Waals surface area contributed by atoms with Crippen molar-refractivity contribution in [2.75, 3.05) is 34.8 Å². The lowest BCUT2D eigenvalue weighted by Gasteiger charge is -2.26. The third kappa shape index (κ3) is 6.49. The SMILES string of the molecule is CCC(CC)c1cc(CNC(=NC)NCC(c2cccc(OC)c2)N(C)C)on1. The lowest BCUT2D eigenvalue weighted by Crippen LogP contribution is -2.41.